The normalized spacial score (nSPS) is 11.4. The molecule has 6 nitrogen and oxygen atoms in total. The highest BCUT2D eigenvalue weighted by Gasteiger charge is 2.33. The van der Waals surface area contributed by atoms with Gasteiger partial charge >= 0.3 is 6.36 Å². The minimum Gasteiger partial charge on any atom is -0.495 e. The lowest BCUT2D eigenvalue weighted by Crippen LogP contribution is -2.21. The zero-order chi connectivity index (χ0) is 22.9. The van der Waals surface area contributed by atoms with Gasteiger partial charge in [0.05, 0.1) is 24.1 Å². The molecule has 2 heterocycles. The molecule has 0 saturated heterocycles. The molecular formula is C23H18F3N3O3. The van der Waals surface area contributed by atoms with Crippen LogP contribution in [0.1, 0.15) is 15.9 Å². The molecule has 2 aromatic carbocycles. The Hall–Kier alpha value is -4.01. The van der Waals surface area contributed by atoms with E-state index in [9.17, 15) is 18.0 Å². The topological polar surface area (TPSA) is 64.9 Å². The lowest BCUT2D eigenvalue weighted by molar-refractivity contribution is -0.274. The maximum Gasteiger partial charge on any atom is 0.573 e. The van der Waals surface area contributed by atoms with Crippen LogP contribution in [-0.2, 0) is 0 Å². The SMILES string of the molecule is COc1ccc(-c2cn3cccc(C)c3n2)cc1NC(=O)c1ccccc1OC(F)(F)F. The molecule has 4 rings (SSSR count). The van der Waals surface area contributed by atoms with E-state index in [0.717, 1.165) is 17.3 Å². The molecule has 164 valence electrons. The summed E-state index contributed by atoms with van der Waals surface area (Å²) in [5, 5.41) is 2.61. The number of methoxy groups -OCH3 is 1. The minimum atomic E-state index is -4.92. The summed E-state index contributed by atoms with van der Waals surface area (Å²) >= 11 is 0. The Bertz CT molecular complexity index is 1300. The highest BCUT2D eigenvalue weighted by Crippen LogP contribution is 2.32. The monoisotopic (exact) mass is 441 g/mol. The summed E-state index contributed by atoms with van der Waals surface area (Å²) in [6.07, 6.45) is -1.19. The van der Waals surface area contributed by atoms with E-state index < -0.39 is 18.0 Å². The van der Waals surface area contributed by atoms with Crippen LogP contribution >= 0.6 is 0 Å². The molecule has 0 bridgehead atoms. The Labute approximate surface area is 181 Å². The maximum absolute atomic E-state index is 12.8. The Morgan fingerprint density at radius 2 is 1.84 bits per heavy atom. The number of rotatable bonds is 5. The summed E-state index contributed by atoms with van der Waals surface area (Å²) in [7, 11) is 1.43. The average molecular weight is 441 g/mol. The van der Waals surface area contributed by atoms with Crippen LogP contribution in [0.4, 0.5) is 18.9 Å². The molecule has 0 aliphatic rings. The zero-order valence-electron chi connectivity index (χ0n) is 17.1. The van der Waals surface area contributed by atoms with Crippen molar-refractivity contribution in [2.24, 2.45) is 0 Å². The number of carbonyl (C=O) groups is 1. The van der Waals surface area contributed by atoms with Gasteiger partial charge in [-0.3, -0.25) is 4.79 Å². The molecule has 0 atom stereocenters. The number of hydrogen-bond donors (Lipinski definition) is 1. The number of amides is 1. The van der Waals surface area contributed by atoms with E-state index in [0.29, 0.717) is 17.0 Å². The van der Waals surface area contributed by atoms with Crippen molar-refractivity contribution >= 4 is 17.2 Å². The van der Waals surface area contributed by atoms with Gasteiger partial charge in [0.15, 0.2) is 0 Å². The predicted octanol–water partition coefficient (Wildman–Crippen LogP) is 5.47. The lowest BCUT2D eigenvalue weighted by Gasteiger charge is -2.15. The van der Waals surface area contributed by atoms with Crippen molar-refractivity contribution in [3.05, 3.63) is 78.1 Å². The summed E-state index contributed by atoms with van der Waals surface area (Å²) in [5.74, 6) is -1.02. The lowest BCUT2D eigenvalue weighted by atomic mass is 10.1. The highest BCUT2D eigenvalue weighted by molar-refractivity contribution is 6.07. The molecule has 0 saturated carbocycles. The number of carbonyl (C=O) groups excluding carboxylic acids is 1. The summed E-state index contributed by atoms with van der Waals surface area (Å²) in [6.45, 7) is 1.95. The van der Waals surface area contributed by atoms with E-state index in [2.05, 4.69) is 15.0 Å². The second-order valence-electron chi connectivity index (χ2n) is 6.96. The average Bonchev–Trinajstić information content (AvgIpc) is 3.19. The third-order valence-corrected chi connectivity index (χ3v) is 4.78. The van der Waals surface area contributed by atoms with Crippen LogP contribution in [0.3, 0.4) is 0 Å². The molecule has 0 fully saturated rings. The van der Waals surface area contributed by atoms with Crippen LogP contribution < -0.4 is 14.8 Å². The second kappa shape index (κ2) is 8.26. The smallest absolute Gasteiger partial charge is 0.495 e. The van der Waals surface area contributed by atoms with Crippen LogP contribution in [0.25, 0.3) is 16.9 Å². The van der Waals surface area contributed by atoms with E-state index in [-0.39, 0.29) is 11.3 Å². The number of benzene rings is 2. The molecule has 0 radical (unpaired) electrons. The van der Waals surface area contributed by atoms with Gasteiger partial charge in [-0.15, -0.1) is 13.2 Å². The number of hydrogen-bond acceptors (Lipinski definition) is 4. The Kier molecular flexibility index (Phi) is 5.48. The van der Waals surface area contributed by atoms with Gasteiger partial charge in [-0.05, 0) is 48.9 Å². The number of alkyl halides is 3. The third-order valence-electron chi connectivity index (χ3n) is 4.78. The predicted molar refractivity (Wildman–Crippen MR) is 113 cm³/mol. The number of para-hydroxylation sites is 1. The van der Waals surface area contributed by atoms with E-state index in [1.807, 2.05) is 35.9 Å². The standard InChI is InChI=1S/C23H18F3N3O3/c1-14-6-5-11-29-13-18(27-21(14)29)15-9-10-20(31-2)17(12-15)28-22(30)16-7-3-4-8-19(16)32-23(24,25)26/h3-13H,1-2H3,(H,28,30). The minimum absolute atomic E-state index is 0.263. The van der Waals surface area contributed by atoms with E-state index in [4.69, 9.17) is 4.74 Å². The Morgan fingerprint density at radius 1 is 1.06 bits per heavy atom. The first-order valence-electron chi connectivity index (χ1n) is 9.54. The van der Waals surface area contributed by atoms with Crippen LogP contribution in [0.5, 0.6) is 11.5 Å². The van der Waals surface area contributed by atoms with Crippen molar-refractivity contribution < 1.29 is 27.4 Å². The maximum atomic E-state index is 12.8. The highest BCUT2D eigenvalue weighted by atomic mass is 19.4. The Balaban J connectivity index is 1.68. The summed E-state index contributed by atoms with van der Waals surface area (Å²) < 4.78 is 49.3. The molecule has 0 spiro atoms. The fourth-order valence-electron chi connectivity index (χ4n) is 3.32. The number of anilines is 1. The van der Waals surface area contributed by atoms with Gasteiger partial charge in [0.1, 0.15) is 17.1 Å². The number of ether oxygens (including phenoxy) is 2. The molecule has 9 heteroatoms. The molecule has 1 N–H and O–H groups in total. The van der Waals surface area contributed by atoms with Crippen molar-refractivity contribution in [3.63, 3.8) is 0 Å². The number of nitrogens with zero attached hydrogens (tertiary/aromatic N) is 2. The zero-order valence-corrected chi connectivity index (χ0v) is 17.1. The molecule has 4 aromatic rings. The van der Waals surface area contributed by atoms with Gasteiger partial charge in [0.2, 0.25) is 0 Å². The number of halogens is 3. The van der Waals surface area contributed by atoms with Crippen molar-refractivity contribution in [1.82, 2.24) is 9.38 Å². The van der Waals surface area contributed by atoms with Crippen LogP contribution in [0, 0.1) is 6.92 Å². The van der Waals surface area contributed by atoms with Gasteiger partial charge in [0.25, 0.3) is 5.91 Å². The van der Waals surface area contributed by atoms with Crippen molar-refractivity contribution in [3.8, 4) is 22.8 Å². The molecule has 32 heavy (non-hydrogen) atoms. The van der Waals surface area contributed by atoms with Gasteiger partial charge in [0, 0.05) is 18.0 Å². The summed E-state index contributed by atoms with van der Waals surface area (Å²) in [6, 6.07) is 14.1. The van der Waals surface area contributed by atoms with Crippen LogP contribution in [0.2, 0.25) is 0 Å². The molecule has 0 unspecified atom stereocenters. The van der Waals surface area contributed by atoms with Crippen molar-refractivity contribution in [2.45, 2.75) is 13.3 Å². The first-order valence-corrected chi connectivity index (χ1v) is 9.54. The fourth-order valence-corrected chi connectivity index (χ4v) is 3.32. The first kappa shape index (κ1) is 21.2. The van der Waals surface area contributed by atoms with Gasteiger partial charge in [-0.2, -0.15) is 0 Å². The molecule has 0 aliphatic carbocycles. The van der Waals surface area contributed by atoms with E-state index in [1.54, 1.807) is 18.2 Å². The first-order chi connectivity index (χ1) is 15.2. The van der Waals surface area contributed by atoms with Crippen molar-refractivity contribution in [2.75, 3.05) is 12.4 Å². The number of imidazole rings is 1. The van der Waals surface area contributed by atoms with E-state index >= 15 is 0 Å². The number of nitrogens with one attached hydrogen (secondary N) is 1. The number of aryl methyl sites for hydroxylation is 1. The fraction of sp³-hybridized carbons (Fsp3) is 0.130. The molecular weight excluding hydrogens is 423 g/mol. The van der Waals surface area contributed by atoms with Crippen LogP contribution in [-0.4, -0.2) is 28.8 Å². The largest absolute Gasteiger partial charge is 0.573 e. The number of aromatic nitrogens is 2. The molecule has 1 amide bonds. The molecule has 2 aromatic heterocycles. The van der Waals surface area contributed by atoms with Gasteiger partial charge in [-0.25, -0.2) is 4.98 Å². The summed E-state index contributed by atoms with van der Waals surface area (Å²) in [4.78, 5) is 17.4. The quantitative estimate of drug-likeness (QED) is 0.446. The summed E-state index contributed by atoms with van der Waals surface area (Å²) in [5.41, 5.74) is 3.18. The van der Waals surface area contributed by atoms with E-state index in [1.165, 1.54) is 25.3 Å². The van der Waals surface area contributed by atoms with Crippen molar-refractivity contribution in [1.29, 1.82) is 0 Å². The van der Waals surface area contributed by atoms with Gasteiger partial charge in [-0.1, -0.05) is 18.2 Å². The molecule has 0 aliphatic heterocycles. The third kappa shape index (κ3) is 4.36. The second-order valence-corrected chi connectivity index (χ2v) is 6.96. The number of fused-ring (bicyclic) bond motifs is 1. The van der Waals surface area contributed by atoms with Gasteiger partial charge < -0.3 is 19.2 Å². The van der Waals surface area contributed by atoms with Crippen LogP contribution in [0.15, 0.2) is 67.0 Å². The Morgan fingerprint density at radius 3 is 2.56 bits per heavy atom. The number of pyridine rings is 1.